The molecule has 0 saturated heterocycles. The van der Waals surface area contributed by atoms with Gasteiger partial charge in [-0.05, 0) is 35.7 Å². The number of rotatable bonds is 3. The molecule has 1 heterocycles. The van der Waals surface area contributed by atoms with Crippen molar-refractivity contribution in [2.75, 3.05) is 6.26 Å². The average Bonchev–Trinajstić information content (AvgIpc) is 2.41. The van der Waals surface area contributed by atoms with E-state index in [-0.39, 0.29) is 15.5 Å². The minimum Gasteiger partial charge on any atom is -0.321 e. The second kappa shape index (κ2) is 5.42. The Labute approximate surface area is 122 Å². The van der Waals surface area contributed by atoms with Crippen LogP contribution < -0.4 is 5.56 Å². The molecule has 0 unspecified atom stereocenters. The van der Waals surface area contributed by atoms with Gasteiger partial charge in [0.15, 0.2) is 9.84 Å². The molecule has 0 atom stereocenters. The summed E-state index contributed by atoms with van der Waals surface area (Å²) in [5, 5.41) is 0.198. The zero-order chi connectivity index (χ0) is 14.9. The molecule has 2 aromatic rings. The molecule has 0 bridgehead atoms. The van der Waals surface area contributed by atoms with Crippen molar-refractivity contribution in [3.05, 3.63) is 51.3 Å². The SMILES string of the molecule is CCc1cc(-c2ccc(S(C)(=O)=O)cc2)[nH]c(=O)c1Cl. The van der Waals surface area contributed by atoms with E-state index in [4.69, 9.17) is 11.6 Å². The molecule has 0 radical (unpaired) electrons. The number of benzene rings is 1. The Morgan fingerprint density at radius 2 is 1.80 bits per heavy atom. The van der Waals surface area contributed by atoms with Crippen LogP contribution in [-0.2, 0) is 16.3 Å². The summed E-state index contributed by atoms with van der Waals surface area (Å²) in [5.41, 5.74) is 1.78. The minimum atomic E-state index is -3.22. The maximum Gasteiger partial charge on any atom is 0.267 e. The normalized spacial score (nSPS) is 11.6. The summed E-state index contributed by atoms with van der Waals surface area (Å²) in [4.78, 5) is 14.7. The second-order valence-electron chi connectivity index (χ2n) is 4.50. The van der Waals surface area contributed by atoms with Gasteiger partial charge >= 0.3 is 0 Å². The van der Waals surface area contributed by atoms with Crippen LogP contribution in [0.1, 0.15) is 12.5 Å². The fourth-order valence-electron chi connectivity index (χ4n) is 1.89. The van der Waals surface area contributed by atoms with Crippen LogP contribution in [0.5, 0.6) is 0 Å². The first-order valence-corrected chi connectivity index (χ1v) is 8.32. The van der Waals surface area contributed by atoms with Gasteiger partial charge in [-0.15, -0.1) is 0 Å². The topological polar surface area (TPSA) is 67.0 Å². The van der Waals surface area contributed by atoms with E-state index in [9.17, 15) is 13.2 Å². The van der Waals surface area contributed by atoms with Crippen molar-refractivity contribution in [1.29, 1.82) is 0 Å². The number of halogens is 1. The molecule has 0 aliphatic carbocycles. The maximum absolute atomic E-state index is 11.7. The van der Waals surface area contributed by atoms with Crippen LogP contribution >= 0.6 is 11.6 Å². The summed E-state index contributed by atoms with van der Waals surface area (Å²) < 4.78 is 22.8. The summed E-state index contributed by atoms with van der Waals surface area (Å²) in [6, 6.07) is 8.16. The lowest BCUT2D eigenvalue weighted by molar-refractivity contribution is 0.602. The monoisotopic (exact) mass is 311 g/mol. The number of hydrogen-bond acceptors (Lipinski definition) is 3. The third kappa shape index (κ3) is 2.94. The number of H-pyrrole nitrogens is 1. The first kappa shape index (κ1) is 14.8. The highest BCUT2D eigenvalue weighted by atomic mass is 35.5. The third-order valence-corrected chi connectivity index (χ3v) is 4.57. The van der Waals surface area contributed by atoms with Gasteiger partial charge in [-0.25, -0.2) is 8.42 Å². The van der Waals surface area contributed by atoms with E-state index in [1.165, 1.54) is 12.1 Å². The molecule has 106 valence electrons. The minimum absolute atomic E-state index is 0.198. The molecule has 0 amide bonds. The van der Waals surface area contributed by atoms with Crippen LogP contribution in [0.3, 0.4) is 0 Å². The molecule has 0 spiro atoms. The molecule has 1 aromatic heterocycles. The fraction of sp³-hybridized carbons (Fsp3) is 0.214. The average molecular weight is 312 g/mol. The Morgan fingerprint density at radius 3 is 2.30 bits per heavy atom. The van der Waals surface area contributed by atoms with Crippen molar-refractivity contribution in [2.45, 2.75) is 18.2 Å². The first-order chi connectivity index (χ1) is 9.32. The van der Waals surface area contributed by atoms with Crippen LogP contribution in [0.15, 0.2) is 40.0 Å². The lowest BCUT2D eigenvalue weighted by atomic mass is 10.1. The Bertz CT molecular complexity index is 792. The number of aromatic nitrogens is 1. The number of sulfone groups is 1. The van der Waals surface area contributed by atoms with Gasteiger partial charge in [-0.1, -0.05) is 30.7 Å². The molecule has 6 heteroatoms. The van der Waals surface area contributed by atoms with Crippen molar-refractivity contribution in [1.82, 2.24) is 4.98 Å². The number of hydrogen-bond donors (Lipinski definition) is 1. The van der Waals surface area contributed by atoms with Crippen molar-refractivity contribution in [3.63, 3.8) is 0 Å². The lowest BCUT2D eigenvalue weighted by Gasteiger charge is -2.07. The van der Waals surface area contributed by atoms with Crippen LogP contribution in [0.4, 0.5) is 0 Å². The van der Waals surface area contributed by atoms with Crippen LogP contribution in [0, 0.1) is 0 Å². The first-order valence-electron chi connectivity index (χ1n) is 6.05. The molecule has 0 fully saturated rings. The summed E-state index contributed by atoms with van der Waals surface area (Å²) in [6.45, 7) is 1.91. The zero-order valence-electron chi connectivity index (χ0n) is 11.1. The van der Waals surface area contributed by atoms with E-state index < -0.39 is 9.84 Å². The lowest BCUT2D eigenvalue weighted by Crippen LogP contribution is -2.10. The maximum atomic E-state index is 11.7. The van der Waals surface area contributed by atoms with E-state index in [1.807, 2.05) is 6.92 Å². The number of aromatic amines is 1. The van der Waals surface area contributed by atoms with Crippen molar-refractivity contribution >= 4 is 21.4 Å². The summed E-state index contributed by atoms with van der Waals surface area (Å²) in [7, 11) is -3.22. The summed E-state index contributed by atoms with van der Waals surface area (Å²) in [6.07, 6.45) is 1.80. The molecule has 4 nitrogen and oxygen atoms in total. The van der Waals surface area contributed by atoms with Gasteiger partial charge in [0.25, 0.3) is 5.56 Å². The van der Waals surface area contributed by atoms with Gasteiger partial charge < -0.3 is 4.98 Å². The molecule has 0 saturated carbocycles. The fourth-order valence-corrected chi connectivity index (χ4v) is 2.76. The largest absolute Gasteiger partial charge is 0.321 e. The van der Waals surface area contributed by atoms with Gasteiger partial charge in [0, 0.05) is 11.9 Å². The van der Waals surface area contributed by atoms with E-state index in [0.29, 0.717) is 12.1 Å². The molecule has 1 N–H and O–H groups in total. The number of nitrogens with one attached hydrogen (secondary N) is 1. The van der Waals surface area contributed by atoms with E-state index >= 15 is 0 Å². The summed E-state index contributed by atoms with van der Waals surface area (Å²) in [5.74, 6) is 0. The molecule has 1 aromatic carbocycles. The predicted octanol–water partition coefficient (Wildman–Crippen LogP) is 2.66. The molecule has 0 aliphatic rings. The molecule has 0 aliphatic heterocycles. The Morgan fingerprint density at radius 1 is 1.20 bits per heavy atom. The highest BCUT2D eigenvalue weighted by Crippen LogP contribution is 2.22. The Hall–Kier alpha value is -1.59. The second-order valence-corrected chi connectivity index (χ2v) is 6.90. The number of pyridine rings is 1. The quantitative estimate of drug-likeness (QED) is 0.947. The van der Waals surface area contributed by atoms with Crippen molar-refractivity contribution < 1.29 is 8.42 Å². The third-order valence-electron chi connectivity index (χ3n) is 3.02. The van der Waals surface area contributed by atoms with Gasteiger partial charge in [0.1, 0.15) is 5.02 Å². The van der Waals surface area contributed by atoms with Crippen LogP contribution in [0.25, 0.3) is 11.3 Å². The molecule has 2 rings (SSSR count). The number of aryl methyl sites for hydroxylation is 1. The Balaban J connectivity index is 2.53. The predicted molar refractivity (Wildman–Crippen MR) is 80.0 cm³/mol. The van der Waals surface area contributed by atoms with Crippen LogP contribution in [-0.4, -0.2) is 19.7 Å². The van der Waals surface area contributed by atoms with Gasteiger partial charge in [0.05, 0.1) is 4.90 Å². The Kier molecular flexibility index (Phi) is 4.01. The van der Waals surface area contributed by atoms with E-state index in [2.05, 4.69) is 4.98 Å². The van der Waals surface area contributed by atoms with E-state index in [1.54, 1.807) is 18.2 Å². The van der Waals surface area contributed by atoms with Crippen LogP contribution in [0.2, 0.25) is 5.02 Å². The highest BCUT2D eigenvalue weighted by Gasteiger charge is 2.10. The summed E-state index contributed by atoms with van der Waals surface area (Å²) >= 11 is 5.91. The molecule has 20 heavy (non-hydrogen) atoms. The van der Waals surface area contributed by atoms with Gasteiger partial charge in [-0.2, -0.15) is 0 Å². The van der Waals surface area contributed by atoms with Crippen molar-refractivity contribution in [2.24, 2.45) is 0 Å². The van der Waals surface area contributed by atoms with Crippen molar-refractivity contribution in [3.8, 4) is 11.3 Å². The highest BCUT2D eigenvalue weighted by molar-refractivity contribution is 7.90. The van der Waals surface area contributed by atoms with Gasteiger partial charge in [-0.3, -0.25) is 4.79 Å². The smallest absolute Gasteiger partial charge is 0.267 e. The molecular formula is C14H14ClNO3S. The standard InChI is InChI=1S/C14H14ClNO3S/c1-3-9-8-12(16-14(17)13(9)15)10-4-6-11(7-5-10)20(2,18)19/h4-8H,3H2,1-2H3,(H,16,17). The molecular weight excluding hydrogens is 298 g/mol. The van der Waals surface area contributed by atoms with E-state index in [0.717, 1.165) is 17.4 Å². The zero-order valence-corrected chi connectivity index (χ0v) is 12.7. The van der Waals surface area contributed by atoms with Gasteiger partial charge in [0.2, 0.25) is 0 Å².